The first-order chi connectivity index (χ1) is 22.8. The summed E-state index contributed by atoms with van der Waals surface area (Å²) in [5.74, 6) is 1.96. The monoisotopic (exact) mass is 585 g/mol. The van der Waals surface area contributed by atoms with Crippen molar-refractivity contribution in [2.45, 2.75) is 0 Å². The summed E-state index contributed by atoms with van der Waals surface area (Å²) in [7, 11) is 0. The molecule has 0 amide bonds. The molecule has 0 saturated heterocycles. The molecule has 0 bridgehead atoms. The van der Waals surface area contributed by atoms with Crippen LogP contribution in [-0.4, -0.2) is 15.0 Å². The lowest BCUT2D eigenvalue weighted by atomic mass is 9.92. The van der Waals surface area contributed by atoms with Gasteiger partial charge in [0, 0.05) is 16.7 Å². The van der Waals surface area contributed by atoms with Crippen molar-refractivity contribution in [3.8, 4) is 45.3 Å². The molecule has 0 fully saturated rings. The van der Waals surface area contributed by atoms with Crippen molar-refractivity contribution in [2.24, 2.45) is 0 Å². The van der Waals surface area contributed by atoms with Crippen LogP contribution in [0.15, 0.2) is 164 Å². The standard InChI is InChI=1S/C43H27N3/c1-2-12-30(13-3-1)41-44-42(46-43(45-41)34-21-20-28-10-4-5-14-31(28)26-34)33-16-8-15-32(27-33)36-18-9-19-37-39(36)25-24-38-35-17-7-6-11-29(35)22-23-40(37)38/h1-27H. The normalized spacial score (nSPS) is 11.5. The van der Waals surface area contributed by atoms with Crippen LogP contribution in [0.2, 0.25) is 0 Å². The van der Waals surface area contributed by atoms with Crippen molar-refractivity contribution >= 4 is 43.1 Å². The molecule has 0 unspecified atom stereocenters. The average Bonchev–Trinajstić information content (AvgIpc) is 3.14. The highest BCUT2D eigenvalue weighted by atomic mass is 15.0. The molecule has 8 aromatic carbocycles. The lowest BCUT2D eigenvalue weighted by Crippen LogP contribution is -2.00. The van der Waals surface area contributed by atoms with Crippen LogP contribution >= 0.6 is 0 Å². The Hall–Kier alpha value is -6.19. The molecule has 0 radical (unpaired) electrons. The highest BCUT2D eigenvalue weighted by Gasteiger charge is 2.15. The Labute approximate surface area is 266 Å². The van der Waals surface area contributed by atoms with E-state index in [4.69, 9.17) is 15.0 Å². The van der Waals surface area contributed by atoms with Crippen molar-refractivity contribution in [1.82, 2.24) is 15.0 Å². The second-order valence-electron chi connectivity index (χ2n) is 11.7. The van der Waals surface area contributed by atoms with Gasteiger partial charge in [0.1, 0.15) is 0 Å². The number of hydrogen-bond acceptors (Lipinski definition) is 3. The molecule has 0 saturated carbocycles. The molecule has 214 valence electrons. The van der Waals surface area contributed by atoms with E-state index in [0.717, 1.165) is 27.6 Å². The van der Waals surface area contributed by atoms with E-state index in [-0.39, 0.29) is 0 Å². The zero-order chi connectivity index (χ0) is 30.5. The van der Waals surface area contributed by atoms with Crippen LogP contribution in [0, 0.1) is 0 Å². The van der Waals surface area contributed by atoms with Gasteiger partial charge in [0.15, 0.2) is 17.5 Å². The van der Waals surface area contributed by atoms with E-state index in [1.165, 1.54) is 43.3 Å². The van der Waals surface area contributed by atoms with Crippen LogP contribution in [0.25, 0.3) is 88.4 Å². The molecule has 0 spiro atoms. The SMILES string of the molecule is c1ccc(-c2nc(-c3cccc(-c4cccc5c4ccc4c6ccccc6ccc54)c3)nc(-c3ccc4ccccc4c3)n2)cc1. The molecule has 3 heteroatoms. The Kier molecular flexibility index (Phi) is 6.14. The molecule has 0 N–H and O–H groups in total. The van der Waals surface area contributed by atoms with Gasteiger partial charge in [0.25, 0.3) is 0 Å². The fourth-order valence-corrected chi connectivity index (χ4v) is 6.61. The highest BCUT2D eigenvalue weighted by Crippen LogP contribution is 2.37. The number of rotatable bonds is 4. The second kappa shape index (κ2) is 10.8. The third-order valence-corrected chi connectivity index (χ3v) is 8.89. The van der Waals surface area contributed by atoms with Gasteiger partial charge in [-0.1, -0.05) is 152 Å². The van der Waals surface area contributed by atoms with Crippen LogP contribution in [0.1, 0.15) is 0 Å². The van der Waals surface area contributed by atoms with Crippen molar-refractivity contribution in [3.63, 3.8) is 0 Å². The smallest absolute Gasteiger partial charge is 0.164 e. The fraction of sp³-hybridized carbons (Fsp3) is 0. The molecule has 1 heterocycles. The molecular formula is C43H27N3. The van der Waals surface area contributed by atoms with Gasteiger partial charge in [0.05, 0.1) is 0 Å². The minimum absolute atomic E-state index is 0.649. The summed E-state index contributed by atoms with van der Waals surface area (Å²) in [6.07, 6.45) is 0. The Morgan fingerprint density at radius 3 is 1.63 bits per heavy atom. The molecular weight excluding hydrogens is 558 g/mol. The molecule has 1 aromatic heterocycles. The van der Waals surface area contributed by atoms with E-state index in [2.05, 4.69) is 133 Å². The van der Waals surface area contributed by atoms with Crippen LogP contribution in [0.5, 0.6) is 0 Å². The summed E-state index contributed by atoms with van der Waals surface area (Å²) in [4.78, 5) is 15.0. The molecule has 0 aliphatic heterocycles. The number of aromatic nitrogens is 3. The zero-order valence-electron chi connectivity index (χ0n) is 24.9. The molecule has 3 nitrogen and oxygen atoms in total. The first-order valence-corrected chi connectivity index (χ1v) is 15.5. The summed E-state index contributed by atoms with van der Waals surface area (Å²) in [5, 5.41) is 9.88. The predicted octanol–water partition coefficient (Wildman–Crippen LogP) is 11.2. The van der Waals surface area contributed by atoms with E-state index in [1.807, 2.05) is 30.3 Å². The fourth-order valence-electron chi connectivity index (χ4n) is 6.61. The van der Waals surface area contributed by atoms with Crippen LogP contribution in [-0.2, 0) is 0 Å². The number of fused-ring (bicyclic) bond motifs is 6. The quantitative estimate of drug-likeness (QED) is 0.193. The Morgan fingerprint density at radius 2 is 0.783 bits per heavy atom. The lowest BCUT2D eigenvalue weighted by Gasteiger charge is -2.13. The topological polar surface area (TPSA) is 38.7 Å². The molecule has 0 aliphatic rings. The van der Waals surface area contributed by atoms with Gasteiger partial charge in [-0.05, 0) is 66.3 Å². The van der Waals surface area contributed by atoms with E-state index >= 15 is 0 Å². The molecule has 9 aromatic rings. The maximum Gasteiger partial charge on any atom is 0.164 e. The minimum Gasteiger partial charge on any atom is -0.208 e. The van der Waals surface area contributed by atoms with Crippen LogP contribution in [0.3, 0.4) is 0 Å². The number of hydrogen-bond donors (Lipinski definition) is 0. The Morgan fingerprint density at radius 1 is 0.261 bits per heavy atom. The van der Waals surface area contributed by atoms with Crippen molar-refractivity contribution < 1.29 is 0 Å². The van der Waals surface area contributed by atoms with Crippen molar-refractivity contribution in [1.29, 1.82) is 0 Å². The Balaban J connectivity index is 1.20. The van der Waals surface area contributed by atoms with Gasteiger partial charge in [-0.15, -0.1) is 0 Å². The van der Waals surface area contributed by atoms with Crippen molar-refractivity contribution in [3.05, 3.63) is 164 Å². The van der Waals surface area contributed by atoms with E-state index in [1.54, 1.807) is 0 Å². The maximum absolute atomic E-state index is 5.05. The first-order valence-electron chi connectivity index (χ1n) is 15.5. The second-order valence-corrected chi connectivity index (χ2v) is 11.7. The summed E-state index contributed by atoms with van der Waals surface area (Å²) in [6.45, 7) is 0. The lowest BCUT2D eigenvalue weighted by molar-refractivity contribution is 1.07. The van der Waals surface area contributed by atoms with E-state index < -0.39 is 0 Å². The first kappa shape index (κ1) is 26.2. The third-order valence-electron chi connectivity index (χ3n) is 8.89. The highest BCUT2D eigenvalue weighted by molar-refractivity contribution is 6.19. The predicted molar refractivity (Wildman–Crippen MR) is 192 cm³/mol. The summed E-state index contributed by atoms with van der Waals surface area (Å²) in [5.41, 5.74) is 5.17. The van der Waals surface area contributed by atoms with Crippen LogP contribution < -0.4 is 0 Å². The largest absolute Gasteiger partial charge is 0.208 e. The Bertz CT molecular complexity index is 2590. The molecule has 0 aliphatic carbocycles. The molecule has 46 heavy (non-hydrogen) atoms. The van der Waals surface area contributed by atoms with E-state index in [0.29, 0.717) is 17.5 Å². The van der Waals surface area contributed by atoms with Gasteiger partial charge in [0.2, 0.25) is 0 Å². The molecule has 9 rings (SSSR count). The summed E-state index contributed by atoms with van der Waals surface area (Å²) >= 11 is 0. The average molecular weight is 586 g/mol. The van der Waals surface area contributed by atoms with Gasteiger partial charge in [-0.25, -0.2) is 15.0 Å². The summed E-state index contributed by atoms with van der Waals surface area (Å²) < 4.78 is 0. The van der Waals surface area contributed by atoms with Gasteiger partial charge < -0.3 is 0 Å². The van der Waals surface area contributed by atoms with Crippen LogP contribution in [0.4, 0.5) is 0 Å². The molecule has 0 atom stereocenters. The number of benzene rings is 8. The van der Waals surface area contributed by atoms with Gasteiger partial charge >= 0.3 is 0 Å². The van der Waals surface area contributed by atoms with E-state index in [9.17, 15) is 0 Å². The zero-order valence-corrected chi connectivity index (χ0v) is 24.9. The van der Waals surface area contributed by atoms with Gasteiger partial charge in [-0.3, -0.25) is 0 Å². The third kappa shape index (κ3) is 4.49. The van der Waals surface area contributed by atoms with Gasteiger partial charge in [-0.2, -0.15) is 0 Å². The maximum atomic E-state index is 5.05. The summed E-state index contributed by atoms with van der Waals surface area (Å²) in [6, 6.07) is 57.6. The minimum atomic E-state index is 0.649. The van der Waals surface area contributed by atoms with Crippen molar-refractivity contribution in [2.75, 3.05) is 0 Å². The number of nitrogens with zero attached hydrogens (tertiary/aromatic N) is 3.